The van der Waals surface area contributed by atoms with Crippen LogP contribution in [-0.2, 0) is 16.1 Å². The summed E-state index contributed by atoms with van der Waals surface area (Å²) in [5.74, 6) is -0.848. The van der Waals surface area contributed by atoms with Crippen LogP contribution in [0.1, 0.15) is 12.8 Å². The van der Waals surface area contributed by atoms with Crippen molar-refractivity contribution in [2.24, 2.45) is 0 Å². The summed E-state index contributed by atoms with van der Waals surface area (Å²) in [6.07, 6.45) is 1.87. The first-order valence-electron chi connectivity index (χ1n) is 7.57. The van der Waals surface area contributed by atoms with Gasteiger partial charge in [-0.05, 0) is 25.0 Å². The standard InChI is InChI=1S/C15H17FN4O3S/c16-11-5-1-2-6-12(11)17-13(21)9-24-15-19-18-14(22)20(15)8-10-4-3-7-23-10/h1-2,5-6,10H,3-4,7-9H2,(H,17,21)(H,18,22)/t10-/m1/s1. The van der Waals surface area contributed by atoms with Crippen molar-refractivity contribution in [3.8, 4) is 0 Å². The van der Waals surface area contributed by atoms with E-state index in [-0.39, 0.29) is 29.1 Å². The molecule has 0 bridgehead atoms. The van der Waals surface area contributed by atoms with Crippen molar-refractivity contribution >= 4 is 23.4 Å². The summed E-state index contributed by atoms with van der Waals surface area (Å²) < 4.78 is 20.5. The number of aromatic nitrogens is 3. The van der Waals surface area contributed by atoms with E-state index < -0.39 is 5.82 Å². The Kier molecular flexibility index (Phi) is 5.31. The number of anilines is 1. The maximum Gasteiger partial charge on any atom is 0.344 e. The molecular weight excluding hydrogens is 335 g/mol. The highest BCUT2D eigenvalue weighted by Crippen LogP contribution is 2.19. The summed E-state index contributed by atoms with van der Waals surface area (Å²) in [5, 5.41) is 9.23. The molecule has 1 saturated heterocycles. The highest BCUT2D eigenvalue weighted by molar-refractivity contribution is 7.99. The summed E-state index contributed by atoms with van der Waals surface area (Å²) in [7, 11) is 0. The van der Waals surface area contributed by atoms with Crippen LogP contribution in [0, 0.1) is 5.82 Å². The van der Waals surface area contributed by atoms with E-state index >= 15 is 0 Å². The van der Waals surface area contributed by atoms with E-state index in [1.54, 1.807) is 12.1 Å². The first-order chi connectivity index (χ1) is 11.6. The summed E-state index contributed by atoms with van der Waals surface area (Å²) in [4.78, 5) is 23.8. The van der Waals surface area contributed by atoms with Crippen molar-refractivity contribution in [3.05, 3.63) is 40.6 Å². The monoisotopic (exact) mass is 352 g/mol. The van der Waals surface area contributed by atoms with Gasteiger partial charge in [-0.3, -0.25) is 9.36 Å². The zero-order valence-electron chi connectivity index (χ0n) is 12.8. The molecule has 3 rings (SSSR count). The van der Waals surface area contributed by atoms with Crippen molar-refractivity contribution < 1.29 is 13.9 Å². The van der Waals surface area contributed by atoms with Crippen LogP contribution in [0.25, 0.3) is 0 Å². The number of nitrogens with zero attached hydrogens (tertiary/aromatic N) is 2. The molecule has 7 nitrogen and oxygen atoms in total. The molecule has 0 spiro atoms. The third-order valence-corrected chi connectivity index (χ3v) is 4.59. The third kappa shape index (κ3) is 4.04. The molecule has 2 heterocycles. The summed E-state index contributed by atoms with van der Waals surface area (Å²) >= 11 is 1.12. The van der Waals surface area contributed by atoms with Crippen LogP contribution in [0.4, 0.5) is 10.1 Å². The smallest absolute Gasteiger partial charge is 0.344 e. The van der Waals surface area contributed by atoms with Crippen molar-refractivity contribution in [1.82, 2.24) is 14.8 Å². The number of para-hydroxylation sites is 1. The molecule has 1 aromatic carbocycles. The number of carbonyl (C=O) groups excluding carboxylic acids is 1. The van der Waals surface area contributed by atoms with Crippen molar-refractivity contribution in [3.63, 3.8) is 0 Å². The van der Waals surface area contributed by atoms with Crippen LogP contribution < -0.4 is 11.0 Å². The fourth-order valence-corrected chi connectivity index (χ4v) is 3.20. The van der Waals surface area contributed by atoms with E-state index in [0.717, 1.165) is 24.6 Å². The fourth-order valence-electron chi connectivity index (χ4n) is 2.45. The molecule has 0 radical (unpaired) electrons. The number of H-pyrrole nitrogens is 1. The van der Waals surface area contributed by atoms with Gasteiger partial charge < -0.3 is 10.1 Å². The number of amides is 1. The molecule has 0 saturated carbocycles. The first-order valence-corrected chi connectivity index (χ1v) is 8.56. The van der Waals surface area contributed by atoms with Gasteiger partial charge in [0.15, 0.2) is 5.16 Å². The predicted molar refractivity (Wildman–Crippen MR) is 87.6 cm³/mol. The molecule has 1 amide bonds. The Morgan fingerprint density at radius 2 is 2.33 bits per heavy atom. The minimum Gasteiger partial charge on any atom is -0.376 e. The predicted octanol–water partition coefficient (Wildman–Crippen LogP) is 1.62. The number of carbonyl (C=O) groups is 1. The van der Waals surface area contributed by atoms with Crippen molar-refractivity contribution in [2.75, 3.05) is 17.7 Å². The van der Waals surface area contributed by atoms with E-state index in [4.69, 9.17) is 4.74 Å². The van der Waals surface area contributed by atoms with Gasteiger partial charge in [-0.25, -0.2) is 14.3 Å². The number of rotatable bonds is 6. The Morgan fingerprint density at radius 3 is 3.08 bits per heavy atom. The van der Waals surface area contributed by atoms with Crippen LogP contribution in [0.3, 0.4) is 0 Å². The molecule has 0 unspecified atom stereocenters. The van der Waals surface area contributed by atoms with E-state index in [1.807, 2.05) is 0 Å². The van der Waals surface area contributed by atoms with Crippen LogP contribution >= 0.6 is 11.8 Å². The Bertz CT molecular complexity index is 770. The summed E-state index contributed by atoms with van der Waals surface area (Å²) in [5.41, 5.74) is -0.204. The minimum absolute atomic E-state index is 0.00751. The summed E-state index contributed by atoms with van der Waals surface area (Å²) in [6, 6.07) is 5.95. The Labute approximate surface area is 141 Å². The normalized spacial score (nSPS) is 17.1. The highest BCUT2D eigenvalue weighted by atomic mass is 32.2. The number of hydrogen-bond donors (Lipinski definition) is 2. The SMILES string of the molecule is O=C(CSc1n[nH]c(=O)n1C[C@H]1CCCO1)Nc1ccccc1F. The molecular formula is C15H17FN4O3S. The molecule has 2 aromatic rings. The van der Waals surface area contributed by atoms with Crippen LogP contribution in [0.5, 0.6) is 0 Å². The summed E-state index contributed by atoms with van der Waals surface area (Å²) in [6.45, 7) is 1.11. The lowest BCUT2D eigenvalue weighted by Crippen LogP contribution is -2.25. The van der Waals surface area contributed by atoms with Gasteiger partial charge in [0.1, 0.15) is 5.82 Å². The number of nitrogens with one attached hydrogen (secondary N) is 2. The van der Waals surface area contributed by atoms with Crippen LogP contribution in [-0.4, -0.2) is 39.1 Å². The quantitative estimate of drug-likeness (QED) is 0.771. The number of aromatic amines is 1. The number of ether oxygens (including phenoxy) is 1. The van der Waals surface area contributed by atoms with Gasteiger partial charge in [-0.15, -0.1) is 5.10 Å². The van der Waals surface area contributed by atoms with Crippen LogP contribution in [0.15, 0.2) is 34.2 Å². The van der Waals surface area contributed by atoms with Crippen LogP contribution in [0.2, 0.25) is 0 Å². The lowest BCUT2D eigenvalue weighted by molar-refractivity contribution is -0.113. The molecule has 1 aromatic heterocycles. The highest BCUT2D eigenvalue weighted by Gasteiger charge is 2.20. The number of thioether (sulfide) groups is 1. The molecule has 1 aliphatic heterocycles. The van der Waals surface area contributed by atoms with Crippen molar-refractivity contribution in [2.45, 2.75) is 30.6 Å². The maximum absolute atomic E-state index is 13.5. The number of hydrogen-bond acceptors (Lipinski definition) is 5. The average Bonchev–Trinajstić information content (AvgIpc) is 3.19. The van der Waals surface area contributed by atoms with E-state index in [0.29, 0.717) is 18.3 Å². The number of benzene rings is 1. The van der Waals surface area contributed by atoms with Gasteiger partial charge in [-0.1, -0.05) is 23.9 Å². The molecule has 0 aliphatic carbocycles. The Morgan fingerprint density at radius 1 is 1.50 bits per heavy atom. The zero-order valence-corrected chi connectivity index (χ0v) is 13.6. The molecule has 1 fully saturated rings. The van der Waals surface area contributed by atoms with Gasteiger partial charge in [0, 0.05) is 6.61 Å². The van der Waals surface area contributed by atoms with E-state index in [2.05, 4.69) is 15.5 Å². The lowest BCUT2D eigenvalue weighted by Gasteiger charge is -2.11. The molecule has 1 aliphatic rings. The topological polar surface area (TPSA) is 89.0 Å². The second kappa shape index (κ2) is 7.63. The van der Waals surface area contributed by atoms with Gasteiger partial charge in [0.05, 0.1) is 24.1 Å². The molecule has 24 heavy (non-hydrogen) atoms. The van der Waals surface area contributed by atoms with Gasteiger partial charge in [0.2, 0.25) is 5.91 Å². The molecule has 2 N–H and O–H groups in total. The molecule has 128 valence electrons. The maximum atomic E-state index is 13.5. The first kappa shape index (κ1) is 16.7. The molecule has 9 heteroatoms. The van der Waals surface area contributed by atoms with Gasteiger partial charge >= 0.3 is 5.69 Å². The second-order valence-corrected chi connectivity index (χ2v) is 6.32. The van der Waals surface area contributed by atoms with Crippen molar-refractivity contribution in [1.29, 1.82) is 0 Å². The third-order valence-electron chi connectivity index (χ3n) is 3.61. The average molecular weight is 352 g/mol. The van der Waals surface area contributed by atoms with Gasteiger partial charge in [0.25, 0.3) is 0 Å². The zero-order chi connectivity index (χ0) is 16.9. The Hall–Kier alpha value is -2.13. The largest absolute Gasteiger partial charge is 0.376 e. The molecule has 1 atom stereocenters. The lowest BCUT2D eigenvalue weighted by atomic mass is 10.2. The van der Waals surface area contributed by atoms with Gasteiger partial charge in [-0.2, -0.15) is 0 Å². The van der Waals surface area contributed by atoms with E-state index in [9.17, 15) is 14.0 Å². The second-order valence-electron chi connectivity index (χ2n) is 5.37. The number of halogens is 1. The van der Waals surface area contributed by atoms with E-state index in [1.165, 1.54) is 16.7 Å². The minimum atomic E-state index is -0.495. The Balaban J connectivity index is 1.59. The fraction of sp³-hybridized carbons (Fsp3) is 0.400.